The molecule has 2 heterocycles. The molecular formula is C26H17BrClN3O3S2. The third-order valence-electron chi connectivity index (χ3n) is 5.55. The van der Waals surface area contributed by atoms with E-state index in [-0.39, 0.29) is 16.5 Å². The maximum absolute atomic E-state index is 13.3. The Kier molecular flexibility index (Phi) is 7.25. The Morgan fingerprint density at radius 1 is 1.00 bits per heavy atom. The van der Waals surface area contributed by atoms with Gasteiger partial charge in [-0.05, 0) is 47.5 Å². The third kappa shape index (κ3) is 4.97. The number of carbonyl (C=O) groups is 2. The number of nitrogens with zero attached hydrogens (tertiary/aromatic N) is 3. The van der Waals surface area contributed by atoms with Gasteiger partial charge in [0.1, 0.15) is 5.76 Å². The van der Waals surface area contributed by atoms with Crippen LogP contribution in [0.1, 0.15) is 22.7 Å². The molecule has 10 heteroatoms. The minimum Gasteiger partial charge on any atom is -0.507 e. The van der Waals surface area contributed by atoms with Crippen molar-refractivity contribution in [1.29, 1.82) is 0 Å². The number of anilines is 1. The largest absolute Gasteiger partial charge is 0.507 e. The molecule has 3 aromatic carbocycles. The highest BCUT2D eigenvalue weighted by atomic mass is 79.9. The average Bonchev–Trinajstić information content (AvgIpc) is 3.46. The molecule has 4 aromatic rings. The van der Waals surface area contributed by atoms with Crippen LogP contribution in [0.4, 0.5) is 5.13 Å². The van der Waals surface area contributed by atoms with Gasteiger partial charge in [-0.1, -0.05) is 93.1 Å². The number of carbonyl (C=O) groups excluding carboxylic acids is 2. The molecule has 0 saturated carbocycles. The zero-order chi connectivity index (χ0) is 25.2. The predicted molar refractivity (Wildman–Crippen MR) is 146 cm³/mol. The Morgan fingerprint density at radius 2 is 1.69 bits per heavy atom. The van der Waals surface area contributed by atoms with E-state index in [0.717, 1.165) is 10.0 Å². The summed E-state index contributed by atoms with van der Waals surface area (Å²) in [4.78, 5) is 27.8. The number of ketones is 1. The van der Waals surface area contributed by atoms with Crippen molar-refractivity contribution in [3.63, 3.8) is 0 Å². The van der Waals surface area contributed by atoms with Crippen LogP contribution < -0.4 is 4.90 Å². The number of hydrogen-bond donors (Lipinski definition) is 1. The molecule has 1 N–H and O–H groups in total. The van der Waals surface area contributed by atoms with Crippen LogP contribution in [0.3, 0.4) is 0 Å². The van der Waals surface area contributed by atoms with E-state index in [9.17, 15) is 14.7 Å². The van der Waals surface area contributed by atoms with E-state index in [2.05, 4.69) is 26.1 Å². The first-order valence-electron chi connectivity index (χ1n) is 10.7. The number of halogens is 2. The first-order chi connectivity index (χ1) is 17.4. The van der Waals surface area contributed by atoms with Crippen molar-refractivity contribution in [2.75, 3.05) is 4.90 Å². The second kappa shape index (κ2) is 10.6. The van der Waals surface area contributed by atoms with Crippen molar-refractivity contribution in [3.05, 3.63) is 111 Å². The van der Waals surface area contributed by atoms with Crippen molar-refractivity contribution < 1.29 is 14.7 Å². The summed E-state index contributed by atoms with van der Waals surface area (Å²) in [5, 5.41) is 20.4. The molecular weight excluding hydrogens is 582 g/mol. The van der Waals surface area contributed by atoms with Gasteiger partial charge in [-0.2, -0.15) is 0 Å². The highest BCUT2D eigenvalue weighted by molar-refractivity contribution is 9.10. The van der Waals surface area contributed by atoms with E-state index in [4.69, 9.17) is 11.6 Å². The van der Waals surface area contributed by atoms with E-state index in [1.54, 1.807) is 36.4 Å². The Labute approximate surface area is 228 Å². The lowest BCUT2D eigenvalue weighted by Crippen LogP contribution is -2.29. The summed E-state index contributed by atoms with van der Waals surface area (Å²) in [5.41, 5.74) is 2.16. The lowest BCUT2D eigenvalue weighted by atomic mass is 9.95. The topological polar surface area (TPSA) is 83.4 Å². The quantitative estimate of drug-likeness (QED) is 0.0857. The summed E-state index contributed by atoms with van der Waals surface area (Å²) in [7, 11) is 0. The molecule has 1 aromatic heterocycles. The lowest BCUT2D eigenvalue weighted by molar-refractivity contribution is -0.132. The molecule has 36 heavy (non-hydrogen) atoms. The number of hydrogen-bond acceptors (Lipinski definition) is 7. The summed E-state index contributed by atoms with van der Waals surface area (Å²) in [6, 6.07) is 22.8. The van der Waals surface area contributed by atoms with E-state index in [1.165, 1.54) is 28.0 Å². The molecule has 5 rings (SSSR count). The molecule has 0 spiro atoms. The van der Waals surface area contributed by atoms with Gasteiger partial charge in [0.2, 0.25) is 5.13 Å². The first-order valence-corrected chi connectivity index (χ1v) is 13.7. The van der Waals surface area contributed by atoms with Crippen LogP contribution in [-0.4, -0.2) is 27.0 Å². The number of aliphatic hydroxyl groups is 1. The van der Waals surface area contributed by atoms with Crippen molar-refractivity contribution in [2.24, 2.45) is 0 Å². The van der Waals surface area contributed by atoms with E-state index in [0.29, 0.717) is 26.2 Å². The number of thioether (sulfide) groups is 1. The number of Topliss-reactive ketones (excluding diaryl/α,β-unsaturated/α-hetero) is 1. The van der Waals surface area contributed by atoms with Gasteiger partial charge in [-0.25, -0.2) is 0 Å². The minimum atomic E-state index is -0.867. The fourth-order valence-electron chi connectivity index (χ4n) is 3.83. The Balaban J connectivity index is 1.55. The molecule has 1 atom stereocenters. The van der Waals surface area contributed by atoms with Gasteiger partial charge in [-0.15, -0.1) is 10.2 Å². The minimum absolute atomic E-state index is 0.0154. The zero-order valence-corrected chi connectivity index (χ0v) is 22.4. The molecule has 1 aliphatic rings. The summed E-state index contributed by atoms with van der Waals surface area (Å²) < 4.78 is 1.51. The van der Waals surface area contributed by atoms with Crippen LogP contribution in [0, 0.1) is 0 Å². The van der Waals surface area contributed by atoms with Crippen LogP contribution in [0.2, 0.25) is 5.02 Å². The third-order valence-corrected chi connectivity index (χ3v) is 8.46. The molecule has 0 radical (unpaired) electrons. The fourth-order valence-corrected chi connectivity index (χ4v) is 6.04. The first kappa shape index (κ1) is 24.7. The Bertz CT molecular complexity index is 1460. The summed E-state index contributed by atoms with van der Waals surface area (Å²) in [6.45, 7) is 0. The molecule has 1 fully saturated rings. The van der Waals surface area contributed by atoms with Gasteiger partial charge in [-0.3, -0.25) is 14.5 Å². The van der Waals surface area contributed by atoms with Crippen LogP contribution >= 0.6 is 50.6 Å². The predicted octanol–water partition coefficient (Wildman–Crippen LogP) is 6.87. The van der Waals surface area contributed by atoms with Crippen molar-refractivity contribution in [2.45, 2.75) is 16.1 Å². The molecule has 1 aliphatic heterocycles. The molecule has 0 bridgehead atoms. The zero-order valence-electron chi connectivity index (χ0n) is 18.5. The van der Waals surface area contributed by atoms with Gasteiger partial charge in [0.15, 0.2) is 4.34 Å². The molecule has 180 valence electrons. The summed E-state index contributed by atoms with van der Waals surface area (Å²) in [5.74, 6) is -1.14. The molecule has 6 nitrogen and oxygen atoms in total. The van der Waals surface area contributed by atoms with Crippen molar-refractivity contribution in [3.8, 4) is 0 Å². The number of aromatic nitrogens is 2. The highest BCUT2D eigenvalue weighted by Gasteiger charge is 2.48. The molecule has 1 amide bonds. The van der Waals surface area contributed by atoms with Gasteiger partial charge in [0.05, 0.1) is 11.6 Å². The van der Waals surface area contributed by atoms with Crippen LogP contribution in [0.5, 0.6) is 0 Å². The van der Waals surface area contributed by atoms with Gasteiger partial charge >= 0.3 is 5.91 Å². The van der Waals surface area contributed by atoms with Crippen LogP contribution in [-0.2, 0) is 15.3 Å². The van der Waals surface area contributed by atoms with E-state index >= 15 is 0 Å². The summed E-state index contributed by atoms with van der Waals surface area (Å²) in [6.07, 6.45) is 0. The smallest absolute Gasteiger partial charge is 0.301 e. The Morgan fingerprint density at radius 3 is 2.39 bits per heavy atom. The normalized spacial score (nSPS) is 17.1. The van der Waals surface area contributed by atoms with E-state index < -0.39 is 17.7 Å². The number of aliphatic hydroxyl groups excluding tert-OH is 1. The van der Waals surface area contributed by atoms with Gasteiger partial charge in [0, 0.05) is 20.8 Å². The van der Waals surface area contributed by atoms with E-state index in [1.807, 2.05) is 42.5 Å². The lowest BCUT2D eigenvalue weighted by Gasteiger charge is -2.22. The molecule has 1 saturated heterocycles. The number of benzene rings is 3. The monoisotopic (exact) mass is 597 g/mol. The summed E-state index contributed by atoms with van der Waals surface area (Å²) >= 11 is 12.1. The maximum Gasteiger partial charge on any atom is 0.301 e. The van der Waals surface area contributed by atoms with Crippen LogP contribution in [0.15, 0.2) is 93.2 Å². The maximum atomic E-state index is 13.3. The Hall–Kier alpha value is -2.98. The SMILES string of the molecule is O=C1C(=O)N(c2nnc(SCc3ccccc3)s2)C(c2ccc(Br)cc2)/C1=C(/O)c1ccc(Cl)cc1. The number of amides is 1. The van der Waals surface area contributed by atoms with Crippen molar-refractivity contribution in [1.82, 2.24) is 10.2 Å². The van der Waals surface area contributed by atoms with Gasteiger partial charge < -0.3 is 5.11 Å². The standard InChI is InChI=1S/C26H17BrClN3O3S2/c27-18-10-6-16(7-11-18)21-20(22(32)17-8-12-19(28)13-9-17)23(33)24(34)31(21)25-29-30-26(36-25)35-14-15-4-2-1-3-5-15/h1-13,21,32H,14H2/b22-20-. The second-order valence-corrected chi connectivity index (χ2v) is 11.4. The van der Waals surface area contributed by atoms with Crippen LogP contribution in [0.25, 0.3) is 5.76 Å². The molecule has 1 unspecified atom stereocenters. The average molecular weight is 599 g/mol. The second-order valence-electron chi connectivity index (χ2n) is 7.85. The highest BCUT2D eigenvalue weighted by Crippen LogP contribution is 2.44. The fraction of sp³-hybridized carbons (Fsp3) is 0.0769. The molecule has 0 aliphatic carbocycles. The van der Waals surface area contributed by atoms with Gasteiger partial charge in [0.25, 0.3) is 5.78 Å². The van der Waals surface area contributed by atoms with Crippen molar-refractivity contribution >= 4 is 73.2 Å². The number of rotatable bonds is 6.